The normalized spacial score (nSPS) is 16.7. The molecule has 0 atom stereocenters. The van der Waals surface area contributed by atoms with Crippen LogP contribution in [-0.4, -0.2) is 62.2 Å². The first-order valence-corrected chi connectivity index (χ1v) is 10.4. The molecule has 30 heavy (non-hydrogen) atoms. The third-order valence-corrected chi connectivity index (χ3v) is 5.88. The summed E-state index contributed by atoms with van der Waals surface area (Å²) in [6, 6.07) is 3.40. The summed E-state index contributed by atoms with van der Waals surface area (Å²) in [6.07, 6.45) is 2.97. The third kappa shape index (κ3) is 4.83. The van der Waals surface area contributed by atoms with Gasteiger partial charge in [-0.25, -0.2) is 14.2 Å². The van der Waals surface area contributed by atoms with Crippen LogP contribution < -0.4 is 15.0 Å². The highest BCUT2D eigenvalue weighted by Gasteiger charge is 2.39. The first-order chi connectivity index (χ1) is 14.5. The van der Waals surface area contributed by atoms with E-state index in [1.165, 1.54) is 0 Å². The minimum atomic E-state index is -1.30. The molecule has 1 saturated carbocycles. The molecule has 0 bridgehead atoms. The second kappa shape index (κ2) is 9.59. The number of hydrogen-bond acceptors (Lipinski definition) is 7. The molecule has 1 saturated heterocycles. The van der Waals surface area contributed by atoms with Crippen molar-refractivity contribution >= 4 is 17.6 Å². The second-order valence-electron chi connectivity index (χ2n) is 7.82. The van der Waals surface area contributed by atoms with Gasteiger partial charge in [-0.1, -0.05) is 13.8 Å². The van der Waals surface area contributed by atoms with E-state index < -0.39 is 24.3 Å². The van der Waals surface area contributed by atoms with Gasteiger partial charge in [0.1, 0.15) is 16.9 Å². The summed E-state index contributed by atoms with van der Waals surface area (Å²) in [5.41, 5.74) is -0.357. The van der Waals surface area contributed by atoms with Crippen LogP contribution in [-0.2, 0) is 14.3 Å². The number of nitrogens with zero attached hydrogens (tertiary/aromatic N) is 2. The molecule has 1 aromatic heterocycles. The maximum atomic E-state index is 12.9. The number of methoxy groups -OCH3 is 1. The zero-order chi connectivity index (χ0) is 21.7. The van der Waals surface area contributed by atoms with Crippen molar-refractivity contribution in [2.24, 2.45) is 5.92 Å². The average Bonchev–Trinajstić information content (AvgIpc) is 3.55. The van der Waals surface area contributed by atoms with Crippen LogP contribution >= 0.6 is 0 Å². The van der Waals surface area contributed by atoms with Gasteiger partial charge in [0, 0.05) is 20.2 Å². The van der Waals surface area contributed by atoms with Crippen LogP contribution in [0, 0.1) is 5.92 Å². The number of anilines is 1. The molecule has 0 unspecified atom stereocenters. The Hall–Kier alpha value is -2.42. The molecule has 2 aliphatic rings. The zero-order valence-electron chi connectivity index (χ0n) is 17.8. The quantitative estimate of drug-likeness (QED) is 0.547. The molecule has 166 valence electrons. The zero-order valence-corrected chi connectivity index (χ0v) is 17.8. The number of carbonyl (C=O) groups excluding carboxylic acids is 2. The maximum Gasteiger partial charge on any atom is 0.334 e. The van der Waals surface area contributed by atoms with Crippen molar-refractivity contribution in [3.05, 3.63) is 17.8 Å². The van der Waals surface area contributed by atoms with Gasteiger partial charge in [-0.3, -0.25) is 4.79 Å². The Bertz CT molecular complexity index is 761. The Morgan fingerprint density at radius 2 is 1.97 bits per heavy atom. The molecule has 2 fully saturated rings. The fourth-order valence-electron chi connectivity index (χ4n) is 3.41. The van der Waals surface area contributed by atoms with E-state index in [2.05, 4.69) is 19.9 Å². The van der Waals surface area contributed by atoms with Crippen molar-refractivity contribution in [3.63, 3.8) is 0 Å². The van der Waals surface area contributed by atoms with Crippen molar-refractivity contribution in [1.29, 1.82) is 0 Å². The molecular formula is C21H30FN3O5. The van der Waals surface area contributed by atoms with E-state index in [1.807, 2.05) is 0 Å². The smallest absolute Gasteiger partial charge is 0.334 e. The standard InChI is InChI=1S/C21H30FN3O5/c1-4-21(5-2,20(27)30-13-22)24-18(26)16-8-9-17(25-10-15(11-25)28-3)19(23-16)29-12-14-6-7-14/h8-9,14-15H,4-7,10-13H2,1-3H3,(H,24,26). The lowest BCUT2D eigenvalue weighted by Crippen LogP contribution is -2.54. The van der Waals surface area contributed by atoms with E-state index in [9.17, 15) is 14.0 Å². The molecule has 1 aliphatic carbocycles. The lowest BCUT2D eigenvalue weighted by molar-refractivity contribution is -0.155. The highest BCUT2D eigenvalue weighted by atomic mass is 19.1. The first-order valence-electron chi connectivity index (χ1n) is 10.4. The van der Waals surface area contributed by atoms with E-state index in [4.69, 9.17) is 9.47 Å². The van der Waals surface area contributed by atoms with Gasteiger partial charge in [0.05, 0.1) is 12.7 Å². The van der Waals surface area contributed by atoms with E-state index in [-0.39, 0.29) is 24.6 Å². The molecule has 1 amide bonds. The number of nitrogens with one attached hydrogen (secondary N) is 1. The van der Waals surface area contributed by atoms with Crippen molar-refractivity contribution in [2.75, 3.05) is 38.6 Å². The molecule has 8 nitrogen and oxygen atoms in total. The number of halogens is 1. The van der Waals surface area contributed by atoms with Crippen LogP contribution in [0.15, 0.2) is 12.1 Å². The molecule has 3 rings (SSSR count). The van der Waals surface area contributed by atoms with Gasteiger partial charge in [-0.05, 0) is 43.7 Å². The number of ether oxygens (including phenoxy) is 3. The number of aromatic nitrogens is 1. The van der Waals surface area contributed by atoms with Crippen molar-refractivity contribution in [1.82, 2.24) is 10.3 Å². The largest absolute Gasteiger partial charge is 0.476 e. The summed E-state index contributed by atoms with van der Waals surface area (Å²) < 4.78 is 28.3. The van der Waals surface area contributed by atoms with E-state index >= 15 is 0 Å². The molecule has 0 spiro atoms. The molecule has 1 N–H and O–H groups in total. The highest BCUT2D eigenvalue weighted by molar-refractivity contribution is 5.97. The number of pyridine rings is 1. The minimum absolute atomic E-state index is 0.132. The van der Waals surface area contributed by atoms with Crippen LogP contribution in [0.5, 0.6) is 5.88 Å². The molecule has 0 aromatic carbocycles. The Balaban J connectivity index is 1.79. The monoisotopic (exact) mass is 423 g/mol. The van der Waals surface area contributed by atoms with Gasteiger partial charge in [0.2, 0.25) is 12.7 Å². The third-order valence-electron chi connectivity index (χ3n) is 5.88. The molecule has 0 radical (unpaired) electrons. The van der Waals surface area contributed by atoms with Crippen LogP contribution in [0.1, 0.15) is 50.0 Å². The summed E-state index contributed by atoms with van der Waals surface area (Å²) in [5, 5.41) is 2.70. The Kier molecular flexibility index (Phi) is 7.12. The minimum Gasteiger partial charge on any atom is -0.476 e. The van der Waals surface area contributed by atoms with Crippen LogP contribution in [0.2, 0.25) is 0 Å². The lowest BCUT2D eigenvalue weighted by Gasteiger charge is -2.40. The summed E-state index contributed by atoms with van der Waals surface area (Å²) in [7, 11) is 1.68. The van der Waals surface area contributed by atoms with Crippen LogP contribution in [0.3, 0.4) is 0 Å². The van der Waals surface area contributed by atoms with E-state index in [0.29, 0.717) is 18.4 Å². The van der Waals surface area contributed by atoms with E-state index in [1.54, 1.807) is 33.1 Å². The van der Waals surface area contributed by atoms with Gasteiger partial charge in [-0.2, -0.15) is 0 Å². The SMILES string of the molecule is CCC(CC)(NC(=O)c1ccc(N2CC(OC)C2)c(OCC2CC2)n1)C(=O)OCF. The maximum absolute atomic E-state index is 12.9. The number of carbonyl (C=O) groups is 2. The number of esters is 1. The van der Waals surface area contributed by atoms with Crippen LogP contribution in [0.25, 0.3) is 0 Å². The summed E-state index contributed by atoms with van der Waals surface area (Å²) in [6.45, 7) is 4.25. The fourth-order valence-corrected chi connectivity index (χ4v) is 3.41. The Morgan fingerprint density at radius 3 is 2.53 bits per heavy atom. The molecule has 1 aliphatic heterocycles. The van der Waals surface area contributed by atoms with Crippen LogP contribution in [0.4, 0.5) is 10.1 Å². The van der Waals surface area contributed by atoms with Crippen molar-refractivity contribution in [2.45, 2.75) is 51.2 Å². The van der Waals surface area contributed by atoms with Gasteiger partial charge < -0.3 is 24.4 Å². The second-order valence-corrected chi connectivity index (χ2v) is 7.82. The predicted octanol–water partition coefficient (Wildman–Crippen LogP) is 2.46. The van der Waals surface area contributed by atoms with Gasteiger partial charge in [0.15, 0.2) is 0 Å². The van der Waals surface area contributed by atoms with Gasteiger partial charge >= 0.3 is 5.97 Å². The number of hydrogen-bond donors (Lipinski definition) is 1. The highest BCUT2D eigenvalue weighted by Crippen LogP contribution is 2.34. The van der Waals surface area contributed by atoms with Crippen molar-refractivity contribution < 1.29 is 28.2 Å². The van der Waals surface area contributed by atoms with Gasteiger partial charge in [-0.15, -0.1) is 0 Å². The summed E-state index contributed by atoms with van der Waals surface area (Å²) >= 11 is 0. The van der Waals surface area contributed by atoms with Crippen molar-refractivity contribution in [3.8, 4) is 5.88 Å². The summed E-state index contributed by atoms with van der Waals surface area (Å²) in [4.78, 5) is 31.7. The number of alkyl halides is 1. The molecule has 1 aromatic rings. The molecule has 2 heterocycles. The van der Waals surface area contributed by atoms with Gasteiger partial charge in [0.25, 0.3) is 5.91 Å². The number of amides is 1. The average molecular weight is 423 g/mol. The number of rotatable bonds is 11. The molecular weight excluding hydrogens is 393 g/mol. The first kappa shape index (κ1) is 22.3. The Morgan fingerprint density at radius 1 is 1.27 bits per heavy atom. The molecule has 9 heteroatoms. The Labute approximate surface area is 176 Å². The predicted molar refractivity (Wildman–Crippen MR) is 108 cm³/mol. The lowest BCUT2D eigenvalue weighted by atomic mass is 9.92. The topological polar surface area (TPSA) is 90.0 Å². The van der Waals surface area contributed by atoms with E-state index in [0.717, 1.165) is 31.6 Å². The fraction of sp³-hybridized carbons (Fsp3) is 0.667. The summed E-state index contributed by atoms with van der Waals surface area (Å²) in [5.74, 6) is -0.398.